The smallest absolute Gasteiger partial charge is 0.317 e. The van der Waals surface area contributed by atoms with E-state index in [4.69, 9.17) is 21.4 Å². The number of halogens is 1. The minimum atomic E-state index is -0.753. The van der Waals surface area contributed by atoms with E-state index >= 15 is 0 Å². The third kappa shape index (κ3) is 6.67. The van der Waals surface area contributed by atoms with Gasteiger partial charge in [-0.1, -0.05) is 17.7 Å². The van der Waals surface area contributed by atoms with Crippen LogP contribution in [0.4, 0.5) is 0 Å². The van der Waals surface area contributed by atoms with Crippen LogP contribution in [0.1, 0.15) is 25.7 Å². The van der Waals surface area contributed by atoms with Crippen LogP contribution in [-0.4, -0.2) is 66.8 Å². The minimum Gasteiger partial charge on any atom is -0.493 e. The van der Waals surface area contributed by atoms with Crippen molar-refractivity contribution in [1.29, 1.82) is 0 Å². The number of carbonyl (C=O) groups is 1. The Bertz CT molecular complexity index is 527. The second-order valence-corrected chi connectivity index (χ2v) is 6.83. The number of hydrogen-bond donors (Lipinski definition) is 1. The molecule has 1 atom stereocenters. The van der Waals surface area contributed by atoms with E-state index in [0.29, 0.717) is 17.7 Å². The Morgan fingerprint density at radius 3 is 3.00 bits per heavy atom. The van der Waals surface area contributed by atoms with Gasteiger partial charge >= 0.3 is 5.97 Å². The lowest BCUT2D eigenvalue weighted by Gasteiger charge is -2.25. The summed E-state index contributed by atoms with van der Waals surface area (Å²) in [4.78, 5) is 15.3. The zero-order valence-electron chi connectivity index (χ0n) is 14.3. The average molecular weight is 355 g/mol. The van der Waals surface area contributed by atoms with Gasteiger partial charge in [0.05, 0.1) is 13.2 Å². The van der Waals surface area contributed by atoms with Gasteiger partial charge in [-0.25, -0.2) is 0 Å². The normalized spacial score (nSPS) is 19.2. The number of carboxylic acids is 1. The maximum atomic E-state index is 10.8. The Labute approximate surface area is 149 Å². The molecule has 1 fully saturated rings. The highest BCUT2D eigenvalue weighted by Crippen LogP contribution is 2.18. The van der Waals surface area contributed by atoms with Crippen LogP contribution in [0.15, 0.2) is 24.3 Å². The molecule has 1 heterocycles. The zero-order valence-corrected chi connectivity index (χ0v) is 15.0. The molecule has 1 aromatic rings. The van der Waals surface area contributed by atoms with Crippen molar-refractivity contribution in [3.8, 4) is 5.75 Å². The first kappa shape index (κ1) is 19.0. The molecule has 1 N–H and O–H groups in total. The van der Waals surface area contributed by atoms with E-state index in [2.05, 4.69) is 4.90 Å². The molecule has 0 radical (unpaired) electrons. The van der Waals surface area contributed by atoms with Crippen molar-refractivity contribution in [1.82, 2.24) is 9.80 Å². The summed E-state index contributed by atoms with van der Waals surface area (Å²) in [5.74, 6) is 0.0606. The molecule has 1 unspecified atom stereocenters. The number of aliphatic carboxylic acids is 1. The highest BCUT2D eigenvalue weighted by molar-refractivity contribution is 6.30. The summed E-state index contributed by atoms with van der Waals surface area (Å²) in [7, 11) is 1.91. The highest BCUT2D eigenvalue weighted by Gasteiger charge is 2.21. The maximum Gasteiger partial charge on any atom is 0.317 e. The first-order valence-corrected chi connectivity index (χ1v) is 8.95. The van der Waals surface area contributed by atoms with Crippen molar-refractivity contribution < 1.29 is 14.6 Å². The molecular formula is C18H27ClN2O3. The molecule has 0 saturated carbocycles. The van der Waals surface area contributed by atoms with E-state index in [9.17, 15) is 4.79 Å². The molecule has 1 aliphatic rings. The fourth-order valence-electron chi connectivity index (χ4n) is 3.18. The van der Waals surface area contributed by atoms with Crippen molar-refractivity contribution in [3.05, 3.63) is 29.3 Å². The van der Waals surface area contributed by atoms with Crippen LogP contribution in [-0.2, 0) is 4.79 Å². The first-order valence-electron chi connectivity index (χ1n) is 8.57. The molecule has 0 aromatic heterocycles. The van der Waals surface area contributed by atoms with Crippen LogP contribution in [0, 0.1) is 0 Å². The van der Waals surface area contributed by atoms with Gasteiger partial charge in [-0.05, 0) is 64.0 Å². The molecule has 24 heavy (non-hydrogen) atoms. The van der Waals surface area contributed by atoms with Crippen LogP contribution < -0.4 is 4.74 Å². The maximum absolute atomic E-state index is 10.8. The molecule has 0 spiro atoms. The molecule has 1 aromatic carbocycles. The minimum absolute atomic E-state index is 0.123. The van der Waals surface area contributed by atoms with Crippen molar-refractivity contribution >= 4 is 17.6 Å². The molecule has 6 heteroatoms. The van der Waals surface area contributed by atoms with Gasteiger partial charge in [-0.2, -0.15) is 0 Å². The summed E-state index contributed by atoms with van der Waals surface area (Å²) in [6.07, 6.45) is 4.18. The molecule has 0 aliphatic carbocycles. The summed E-state index contributed by atoms with van der Waals surface area (Å²) in [5.41, 5.74) is 0. The van der Waals surface area contributed by atoms with Gasteiger partial charge in [-0.3, -0.25) is 9.69 Å². The first-order chi connectivity index (χ1) is 11.5. The number of likely N-dealkylation sites (tertiary alicyclic amines) is 1. The number of ether oxygens (including phenoxy) is 1. The lowest BCUT2D eigenvalue weighted by atomic mass is 10.1. The van der Waals surface area contributed by atoms with E-state index < -0.39 is 5.97 Å². The van der Waals surface area contributed by atoms with E-state index in [1.807, 2.05) is 36.2 Å². The van der Waals surface area contributed by atoms with Gasteiger partial charge in [0, 0.05) is 17.6 Å². The van der Waals surface area contributed by atoms with Crippen molar-refractivity contribution in [2.75, 3.05) is 39.8 Å². The third-order valence-corrected chi connectivity index (χ3v) is 4.72. The van der Waals surface area contributed by atoms with Crippen molar-refractivity contribution in [2.24, 2.45) is 0 Å². The fourth-order valence-corrected chi connectivity index (χ4v) is 3.36. The van der Waals surface area contributed by atoms with Crippen LogP contribution >= 0.6 is 11.6 Å². The molecule has 1 saturated heterocycles. The second kappa shape index (κ2) is 9.87. The van der Waals surface area contributed by atoms with Gasteiger partial charge in [-0.15, -0.1) is 0 Å². The van der Waals surface area contributed by atoms with Gasteiger partial charge in [0.2, 0.25) is 0 Å². The molecule has 1 aliphatic heterocycles. The number of likely N-dealkylation sites (N-methyl/N-ethyl adjacent to an activating group) is 1. The van der Waals surface area contributed by atoms with Crippen LogP contribution in [0.3, 0.4) is 0 Å². The molecule has 2 rings (SSSR count). The Morgan fingerprint density at radius 2 is 2.25 bits per heavy atom. The Kier molecular flexibility index (Phi) is 7.82. The number of rotatable bonds is 8. The summed E-state index contributed by atoms with van der Waals surface area (Å²) < 4.78 is 5.73. The summed E-state index contributed by atoms with van der Waals surface area (Å²) in [5, 5.41) is 9.61. The Balaban J connectivity index is 1.66. The zero-order chi connectivity index (χ0) is 17.4. The van der Waals surface area contributed by atoms with Gasteiger partial charge in [0.25, 0.3) is 0 Å². The average Bonchev–Trinajstić information content (AvgIpc) is 2.77. The quantitative estimate of drug-likeness (QED) is 0.727. The Hall–Kier alpha value is -1.30. The van der Waals surface area contributed by atoms with Gasteiger partial charge in [0.15, 0.2) is 0 Å². The van der Waals surface area contributed by atoms with Crippen LogP contribution in [0.5, 0.6) is 5.75 Å². The number of benzene rings is 1. The molecule has 0 amide bonds. The van der Waals surface area contributed by atoms with Gasteiger partial charge < -0.3 is 14.7 Å². The van der Waals surface area contributed by atoms with Gasteiger partial charge in [0.1, 0.15) is 5.75 Å². The lowest BCUT2D eigenvalue weighted by Crippen LogP contribution is -2.36. The third-order valence-electron chi connectivity index (χ3n) is 4.48. The predicted molar refractivity (Wildman–Crippen MR) is 95.9 cm³/mol. The molecule has 134 valence electrons. The van der Waals surface area contributed by atoms with E-state index in [0.717, 1.165) is 51.1 Å². The highest BCUT2D eigenvalue weighted by atomic mass is 35.5. The van der Waals surface area contributed by atoms with Crippen molar-refractivity contribution in [2.45, 2.75) is 31.7 Å². The standard InChI is InChI=1S/C18H27ClN2O3/c1-20(14-18(22)23)16-6-3-9-21(11-8-16)10-4-12-24-17-7-2-5-15(19)13-17/h2,5,7,13,16H,3-4,6,8-12,14H2,1H3,(H,22,23). The van der Waals surface area contributed by atoms with E-state index in [1.54, 1.807) is 0 Å². The number of carboxylic acid groups (broad SMARTS) is 1. The lowest BCUT2D eigenvalue weighted by molar-refractivity contribution is -0.138. The Morgan fingerprint density at radius 1 is 1.42 bits per heavy atom. The fraction of sp³-hybridized carbons (Fsp3) is 0.611. The number of nitrogens with zero attached hydrogens (tertiary/aromatic N) is 2. The largest absolute Gasteiger partial charge is 0.493 e. The van der Waals surface area contributed by atoms with Crippen molar-refractivity contribution in [3.63, 3.8) is 0 Å². The van der Waals surface area contributed by atoms with E-state index in [-0.39, 0.29) is 6.54 Å². The molecular weight excluding hydrogens is 328 g/mol. The summed E-state index contributed by atoms with van der Waals surface area (Å²) >= 11 is 5.94. The summed E-state index contributed by atoms with van der Waals surface area (Å²) in [6, 6.07) is 7.84. The van der Waals surface area contributed by atoms with Crippen LogP contribution in [0.2, 0.25) is 5.02 Å². The van der Waals surface area contributed by atoms with Crippen LogP contribution in [0.25, 0.3) is 0 Å². The predicted octanol–water partition coefficient (Wildman–Crippen LogP) is 2.98. The number of hydrogen-bond acceptors (Lipinski definition) is 4. The summed E-state index contributed by atoms with van der Waals surface area (Å²) in [6.45, 7) is 3.91. The molecule has 5 nitrogen and oxygen atoms in total. The molecule has 0 bridgehead atoms. The second-order valence-electron chi connectivity index (χ2n) is 6.39. The monoisotopic (exact) mass is 354 g/mol. The topological polar surface area (TPSA) is 53.0 Å². The SMILES string of the molecule is CN(CC(=O)O)C1CCCN(CCCOc2cccc(Cl)c2)CC1. The van der Waals surface area contributed by atoms with E-state index in [1.165, 1.54) is 0 Å².